The monoisotopic (exact) mass is 346 g/mol. The van der Waals surface area contributed by atoms with E-state index < -0.39 is 0 Å². The number of hydrogen-bond donors (Lipinski definition) is 1. The molecule has 0 fully saturated rings. The number of thioether (sulfide) groups is 1. The molecule has 0 aliphatic heterocycles. The molecule has 0 aliphatic carbocycles. The van der Waals surface area contributed by atoms with Gasteiger partial charge in [-0.3, -0.25) is 4.79 Å². The molecule has 3 aromatic rings. The van der Waals surface area contributed by atoms with E-state index in [0.29, 0.717) is 40.9 Å². The van der Waals surface area contributed by atoms with Crippen LogP contribution in [0, 0.1) is 5.82 Å². The largest absolute Gasteiger partial charge is 0.461 e. The Morgan fingerprint density at radius 3 is 2.75 bits per heavy atom. The average molecular weight is 346 g/mol. The van der Waals surface area contributed by atoms with Gasteiger partial charge in [-0.05, 0) is 42.8 Å². The summed E-state index contributed by atoms with van der Waals surface area (Å²) < 4.78 is 19.4. The van der Waals surface area contributed by atoms with Gasteiger partial charge in [0.25, 0.3) is 0 Å². The molecule has 24 heavy (non-hydrogen) atoms. The normalized spacial score (nSPS) is 10.9. The van der Waals surface area contributed by atoms with E-state index in [4.69, 9.17) is 10.3 Å². The lowest BCUT2D eigenvalue weighted by Crippen LogP contribution is -2.11. The van der Waals surface area contributed by atoms with Crippen molar-refractivity contribution in [3.63, 3.8) is 0 Å². The Balaban J connectivity index is 1.50. The summed E-state index contributed by atoms with van der Waals surface area (Å²) in [4.78, 5) is 12.0. The topological polar surface area (TPSA) is 86.9 Å². The lowest BCUT2D eigenvalue weighted by molar-refractivity contribution is 0.0982. The van der Waals surface area contributed by atoms with Crippen molar-refractivity contribution in [3.05, 3.63) is 54.0 Å². The van der Waals surface area contributed by atoms with Crippen molar-refractivity contribution in [3.8, 4) is 11.6 Å². The molecule has 0 amide bonds. The smallest absolute Gasteiger partial charge is 0.218 e. The predicted molar refractivity (Wildman–Crippen MR) is 88.6 cm³/mol. The molecule has 6 nitrogen and oxygen atoms in total. The number of nitrogens with zero attached hydrogens (tertiary/aromatic N) is 3. The van der Waals surface area contributed by atoms with E-state index in [0.717, 1.165) is 0 Å². The van der Waals surface area contributed by atoms with Gasteiger partial charge in [-0.1, -0.05) is 11.8 Å². The van der Waals surface area contributed by atoms with Crippen LogP contribution in [0.4, 0.5) is 4.39 Å². The molecular weight excluding hydrogens is 331 g/mol. The molecule has 2 N–H and O–H groups in total. The summed E-state index contributed by atoms with van der Waals surface area (Å²) in [7, 11) is 0. The SMILES string of the molecule is Nn1c(SCCCC(=O)c2ccc(F)cc2)nnc1-c1ccco1. The highest BCUT2D eigenvalue weighted by Crippen LogP contribution is 2.22. The highest BCUT2D eigenvalue weighted by atomic mass is 32.2. The number of nitrogen functional groups attached to an aromatic ring is 1. The Bertz CT molecular complexity index is 815. The summed E-state index contributed by atoms with van der Waals surface area (Å²) >= 11 is 1.42. The van der Waals surface area contributed by atoms with E-state index in [-0.39, 0.29) is 11.6 Å². The summed E-state index contributed by atoms with van der Waals surface area (Å²) in [6, 6.07) is 9.07. The molecule has 0 atom stereocenters. The van der Waals surface area contributed by atoms with Gasteiger partial charge in [0.15, 0.2) is 11.5 Å². The van der Waals surface area contributed by atoms with Crippen molar-refractivity contribution in [2.75, 3.05) is 11.6 Å². The van der Waals surface area contributed by atoms with Crippen molar-refractivity contribution < 1.29 is 13.6 Å². The number of nitrogens with two attached hydrogens (primary N) is 1. The van der Waals surface area contributed by atoms with E-state index in [2.05, 4.69) is 10.2 Å². The second kappa shape index (κ2) is 7.31. The van der Waals surface area contributed by atoms with Crippen LogP contribution in [-0.2, 0) is 0 Å². The number of ketones is 1. The average Bonchev–Trinajstić information content (AvgIpc) is 3.22. The van der Waals surface area contributed by atoms with Gasteiger partial charge >= 0.3 is 0 Å². The molecule has 2 heterocycles. The Hall–Kier alpha value is -2.61. The standard InChI is InChI=1S/C16H15FN4O2S/c17-12-7-5-11(6-8-12)13(22)3-2-10-24-16-20-19-15(21(16)18)14-4-1-9-23-14/h1,4-9H,2-3,10,18H2. The van der Waals surface area contributed by atoms with E-state index in [1.807, 2.05) is 0 Å². The first-order valence-corrected chi connectivity index (χ1v) is 8.29. The Morgan fingerprint density at radius 2 is 2.04 bits per heavy atom. The zero-order chi connectivity index (χ0) is 16.9. The van der Waals surface area contributed by atoms with Crippen LogP contribution in [0.5, 0.6) is 0 Å². The van der Waals surface area contributed by atoms with Crippen LogP contribution in [0.3, 0.4) is 0 Å². The van der Waals surface area contributed by atoms with Crippen molar-refractivity contribution in [1.29, 1.82) is 0 Å². The minimum Gasteiger partial charge on any atom is -0.461 e. The highest BCUT2D eigenvalue weighted by Gasteiger charge is 2.14. The number of carbonyl (C=O) groups is 1. The van der Waals surface area contributed by atoms with Crippen molar-refractivity contribution in [1.82, 2.24) is 14.9 Å². The second-order valence-electron chi connectivity index (χ2n) is 5.04. The Labute approximate surface area is 141 Å². The third-order valence-corrected chi connectivity index (χ3v) is 4.38. The molecule has 1 aromatic carbocycles. The predicted octanol–water partition coefficient (Wildman–Crippen LogP) is 3.15. The van der Waals surface area contributed by atoms with Gasteiger partial charge in [0.1, 0.15) is 5.82 Å². The molecular formula is C16H15FN4O2S. The third kappa shape index (κ3) is 3.65. The number of carbonyl (C=O) groups excluding carboxylic acids is 1. The van der Waals surface area contributed by atoms with Gasteiger partial charge in [0, 0.05) is 17.7 Å². The van der Waals surface area contributed by atoms with Crippen LogP contribution in [0.15, 0.2) is 52.2 Å². The molecule has 0 spiro atoms. The van der Waals surface area contributed by atoms with E-state index in [1.54, 1.807) is 12.1 Å². The quantitative estimate of drug-likeness (QED) is 0.306. The molecule has 0 unspecified atom stereocenters. The lowest BCUT2D eigenvalue weighted by atomic mass is 10.1. The van der Waals surface area contributed by atoms with Crippen LogP contribution in [0.2, 0.25) is 0 Å². The van der Waals surface area contributed by atoms with E-state index in [9.17, 15) is 9.18 Å². The summed E-state index contributed by atoms with van der Waals surface area (Å²) in [5.74, 6) is 7.25. The number of hydrogen-bond acceptors (Lipinski definition) is 6. The molecule has 2 aromatic heterocycles. The summed E-state index contributed by atoms with van der Waals surface area (Å²) in [5, 5.41) is 8.57. The minimum absolute atomic E-state index is 0.0129. The Kier molecular flexibility index (Phi) is 4.95. The van der Waals surface area contributed by atoms with Crippen molar-refractivity contribution >= 4 is 17.5 Å². The summed E-state index contributed by atoms with van der Waals surface area (Å²) in [6.07, 6.45) is 2.57. The molecule has 3 rings (SSSR count). The third-order valence-electron chi connectivity index (χ3n) is 3.35. The summed E-state index contributed by atoms with van der Waals surface area (Å²) in [6.45, 7) is 0. The van der Waals surface area contributed by atoms with Crippen molar-refractivity contribution in [2.24, 2.45) is 0 Å². The van der Waals surface area contributed by atoms with Gasteiger partial charge in [0.2, 0.25) is 11.0 Å². The van der Waals surface area contributed by atoms with Gasteiger partial charge in [-0.2, -0.15) is 0 Å². The van der Waals surface area contributed by atoms with E-state index in [1.165, 1.54) is 47.0 Å². The maximum absolute atomic E-state index is 12.8. The molecule has 0 saturated heterocycles. The van der Waals surface area contributed by atoms with Gasteiger partial charge in [-0.25, -0.2) is 9.07 Å². The van der Waals surface area contributed by atoms with Crippen LogP contribution < -0.4 is 5.84 Å². The molecule has 0 bridgehead atoms. The molecule has 8 heteroatoms. The fourth-order valence-electron chi connectivity index (χ4n) is 2.13. The first-order valence-electron chi connectivity index (χ1n) is 7.31. The van der Waals surface area contributed by atoms with Gasteiger partial charge in [-0.15, -0.1) is 10.2 Å². The number of halogens is 1. The number of Topliss-reactive ketones (excluding diaryl/α,β-unsaturated/α-hetero) is 1. The first-order chi connectivity index (χ1) is 11.6. The number of furan rings is 1. The lowest BCUT2D eigenvalue weighted by Gasteiger charge is -2.03. The van der Waals surface area contributed by atoms with Crippen LogP contribution in [0.1, 0.15) is 23.2 Å². The molecule has 0 aliphatic rings. The maximum atomic E-state index is 12.8. The van der Waals surface area contributed by atoms with Gasteiger partial charge < -0.3 is 10.3 Å². The first kappa shape index (κ1) is 16.3. The van der Waals surface area contributed by atoms with Gasteiger partial charge in [0.05, 0.1) is 6.26 Å². The van der Waals surface area contributed by atoms with E-state index >= 15 is 0 Å². The molecule has 124 valence electrons. The highest BCUT2D eigenvalue weighted by molar-refractivity contribution is 7.99. The van der Waals surface area contributed by atoms with Crippen LogP contribution in [-0.4, -0.2) is 26.4 Å². The molecule has 0 radical (unpaired) electrons. The number of benzene rings is 1. The Morgan fingerprint density at radius 1 is 1.25 bits per heavy atom. The number of aromatic nitrogens is 3. The summed E-state index contributed by atoms with van der Waals surface area (Å²) in [5.41, 5.74) is 0.517. The zero-order valence-corrected chi connectivity index (χ0v) is 13.5. The van der Waals surface area contributed by atoms with Crippen LogP contribution in [0.25, 0.3) is 11.6 Å². The van der Waals surface area contributed by atoms with Crippen LogP contribution >= 0.6 is 11.8 Å². The maximum Gasteiger partial charge on any atom is 0.218 e. The second-order valence-corrected chi connectivity index (χ2v) is 6.10. The zero-order valence-electron chi connectivity index (χ0n) is 12.7. The number of rotatable bonds is 7. The van der Waals surface area contributed by atoms with Crippen molar-refractivity contribution in [2.45, 2.75) is 18.0 Å². The fourth-order valence-corrected chi connectivity index (χ4v) is 2.92. The minimum atomic E-state index is -0.350. The fraction of sp³-hybridized carbons (Fsp3) is 0.188. The molecule has 0 saturated carbocycles.